The zero-order valence-corrected chi connectivity index (χ0v) is 22.6. The van der Waals surface area contributed by atoms with E-state index < -0.39 is 32.8 Å². The van der Waals surface area contributed by atoms with E-state index in [4.69, 9.17) is 11.6 Å². The second kappa shape index (κ2) is 9.87. The van der Waals surface area contributed by atoms with Gasteiger partial charge in [0.15, 0.2) is 0 Å². The number of carbonyl (C=O) groups is 1. The van der Waals surface area contributed by atoms with Gasteiger partial charge >= 0.3 is 35.2 Å². The summed E-state index contributed by atoms with van der Waals surface area (Å²) in [5.74, 6) is -1.60. The molecule has 0 saturated heterocycles. The molecule has 178 valence electrons. The zero-order chi connectivity index (χ0) is 24.9. The van der Waals surface area contributed by atoms with Crippen molar-refractivity contribution in [1.29, 1.82) is 0 Å². The summed E-state index contributed by atoms with van der Waals surface area (Å²) in [4.78, 5) is 40.0. The normalized spacial score (nSPS) is 13.2. The Hall–Kier alpha value is -2.89. The first-order valence-electron chi connectivity index (χ1n) is 10.6. The number of carboxylic acid groups (broad SMARTS) is 1. The van der Waals surface area contributed by atoms with Crippen LogP contribution in [0, 0.1) is 0 Å². The van der Waals surface area contributed by atoms with Gasteiger partial charge in [0.1, 0.15) is 0 Å². The number of aryl methyl sites for hydroxylation is 1. The number of aromatic amines is 1. The molecule has 0 radical (unpaired) electrons. The predicted molar refractivity (Wildman–Crippen MR) is 129 cm³/mol. The van der Waals surface area contributed by atoms with Crippen LogP contribution in [0.25, 0.3) is 16.6 Å². The van der Waals surface area contributed by atoms with Crippen molar-refractivity contribution in [1.82, 2.24) is 9.55 Å². The van der Waals surface area contributed by atoms with Gasteiger partial charge in [-0.05, 0) is 48.7 Å². The number of sulfonamides is 1. The number of carbonyl (C=O) groups excluding carboxylic acids is 1. The number of H-pyrrole nitrogens is 1. The quantitative estimate of drug-likeness (QED) is 0.329. The average molecular weight is 534 g/mol. The molecule has 1 aromatic heterocycles. The maximum Gasteiger partial charge on any atom is 1.00 e. The number of benzene rings is 3. The number of nitrogens with one attached hydrogen (secondary N) is 1. The van der Waals surface area contributed by atoms with Crippen molar-refractivity contribution in [3.63, 3.8) is 0 Å². The number of fused-ring (bicyclic) bond motifs is 2. The molecule has 5 rings (SSSR count). The molecule has 9 nitrogen and oxygen atoms in total. The van der Waals surface area contributed by atoms with Crippen molar-refractivity contribution in [2.24, 2.45) is 0 Å². The molecule has 0 fully saturated rings. The molecule has 4 aromatic rings. The van der Waals surface area contributed by atoms with Gasteiger partial charge in [0.05, 0.1) is 38.2 Å². The SMILES string of the molecule is O=C([O-])c1cccc2[nH]c(=O)n(-c3cc(S(=O)(=O)N4CCCc5ccccc54)ccc3Cl)c(=O)c12.[Na+]. The van der Waals surface area contributed by atoms with Gasteiger partial charge < -0.3 is 14.9 Å². The van der Waals surface area contributed by atoms with E-state index in [1.165, 1.54) is 34.6 Å². The molecule has 0 bridgehead atoms. The largest absolute Gasteiger partial charge is 1.00 e. The number of para-hydroxylation sites is 1. The summed E-state index contributed by atoms with van der Waals surface area (Å²) in [7, 11) is -4.07. The van der Waals surface area contributed by atoms with Gasteiger partial charge in [0, 0.05) is 12.1 Å². The van der Waals surface area contributed by atoms with E-state index >= 15 is 0 Å². The number of carboxylic acids is 1. The van der Waals surface area contributed by atoms with Crippen LogP contribution in [0.5, 0.6) is 0 Å². The molecule has 12 heteroatoms. The third-order valence-electron chi connectivity index (χ3n) is 5.96. The fraction of sp³-hybridized carbons (Fsp3) is 0.125. The van der Waals surface area contributed by atoms with Gasteiger partial charge in [-0.15, -0.1) is 0 Å². The molecule has 36 heavy (non-hydrogen) atoms. The second-order valence-electron chi connectivity index (χ2n) is 8.01. The molecule has 0 aliphatic carbocycles. The minimum Gasteiger partial charge on any atom is -0.545 e. The maximum absolute atomic E-state index is 13.6. The number of aromatic nitrogens is 2. The van der Waals surface area contributed by atoms with Crippen LogP contribution in [0.15, 0.2) is 75.1 Å². The molecule has 2 heterocycles. The molecule has 0 atom stereocenters. The van der Waals surface area contributed by atoms with Crippen LogP contribution in [0.1, 0.15) is 22.3 Å². The Morgan fingerprint density at radius 1 is 1.00 bits per heavy atom. The summed E-state index contributed by atoms with van der Waals surface area (Å²) < 4.78 is 29.1. The van der Waals surface area contributed by atoms with E-state index in [1.807, 2.05) is 12.1 Å². The summed E-state index contributed by atoms with van der Waals surface area (Å²) in [6, 6.07) is 14.8. The van der Waals surface area contributed by atoms with E-state index in [0.29, 0.717) is 16.7 Å². The van der Waals surface area contributed by atoms with Crippen LogP contribution in [-0.2, 0) is 16.4 Å². The molecule has 1 N–H and O–H groups in total. The van der Waals surface area contributed by atoms with Crippen molar-refractivity contribution >= 4 is 44.2 Å². The fourth-order valence-corrected chi connectivity index (χ4v) is 6.11. The van der Waals surface area contributed by atoms with Crippen LogP contribution in [0.4, 0.5) is 5.69 Å². The first kappa shape index (κ1) is 26.2. The Balaban J connectivity index is 0.00000304. The molecule has 0 saturated carbocycles. The van der Waals surface area contributed by atoms with Crippen molar-refractivity contribution in [2.75, 3.05) is 10.8 Å². The van der Waals surface area contributed by atoms with E-state index in [-0.39, 0.29) is 62.6 Å². The van der Waals surface area contributed by atoms with Gasteiger partial charge in [-0.25, -0.2) is 17.8 Å². The molecule has 0 unspecified atom stereocenters. The molecule has 1 aliphatic heterocycles. The van der Waals surface area contributed by atoms with E-state index in [1.54, 1.807) is 12.1 Å². The Kier molecular flexibility index (Phi) is 7.18. The number of anilines is 1. The van der Waals surface area contributed by atoms with E-state index in [2.05, 4.69) is 4.98 Å². The van der Waals surface area contributed by atoms with Crippen molar-refractivity contribution in [3.05, 3.63) is 97.7 Å². The standard InChI is InChI=1S/C24H18ClN3O6S.Na/c25-17-11-10-15(35(33,34)27-12-4-6-14-5-1-2-9-19(14)27)13-20(17)28-22(29)21-16(23(30)31)7-3-8-18(21)26-24(28)32;/h1-3,5,7-11,13H,4,6,12H2,(H,26,32)(H,30,31);/q;+1/p-1. The summed E-state index contributed by atoms with van der Waals surface area (Å²) in [6.07, 6.45) is 1.38. The maximum atomic E-state index is 13.6. The topological polar surface area (TPSA) is 132 Å². The molecule has 1 aliphatic rings. The number of halogens is 1. The third kappa shape index (κ3) is 4.29. The van der Waals surface area contributed by atoms with Crippen LogP contribution in [0.2, 0.25) is 5.02 Å². The van der Waals surface area contributed by atoms with Crippen LogP contribution >= 0.6 is 11.6 Å². The van der Waals surface area contributed by atoms with E-state index in [9.17, 15) is 27.9 Å². The summed E-state index contributed by atoms with van der Waals surface area (Å²) in [6.45, 7) is 0.267. The number of hydrogen-bond acceptors (Lipinski definition) is 6. The Bertz CT molecular complexity index is 1750. The van der Waals surface area contributed by atoms with Crippen molar-refractivity contribution in [2.45, 2.75) is 17.7 Å². The predicted octanol–water partition coefficient (Wildman–Crippen LogP) is -1.16. The fourth-order valence-electron chi connectivity index (χ4n) is 4.35. The smallest absolute Gasteiger partial charge is 0.545 e. The number of hydrogen-bond donors (Lipinski definition) is 1. The minimum absolute atomic E-state index is 0. The zero-order valence-electron chi connectivity index (χ0n) is 19.0. The van der Waals surface area contributed by atoms with Crippen molar-refractivity contribution in [3.8, 4) is 5.69 Å². The monoisotopic (exact) mass is 533 g/mol. The van der Waals surface area contributed by atoms with Gasteiger partial charge in [-0.2, -0.15) is 0 Å². The van der Waals surface area contributed by atoms with Crippen molar-refractivity contribution < 1.29 is 47.9 Å². The summed E-state index contributed by atoms with van der Waals surface area (Å²) >= 11 is 6.30. The number of nitrogens with zero attached hydrogens (tertiary/aromatic N) is 2. The molecule has 0 spiro atoms. The van der Waals surface area contributed by atoms with Crippen LogP contribution in [-0.4, -0.2) is 30.5 Å². The Labute approximate surface area is 232 Å². The molecule has 0 amide bonds. The second-order valence-corrected chi connectivity index (χ2v) is 10.3. The van der Waals surface area contributed by atoms with Gasteiger partial charge in [-0.3, -0.25) is 9.10 Å². The Morgan fingerprint density at radius 2 is 1.75 bits per heavy atom. The third-order valence-corrected chi connectivity index (χ3v) is 8.09. The molecule has 3 aromatic carbocycles. The number of aromatic carboxylic acids is 1. The van der Waals surface area contributed by atoms with Gasteiger partial charge in [-0.1, -0.05) is 41.9 Å². The average Bonchev–Trinajstić information content (AvgIpc) is 2.84. The van der Waals surface area contributed by atoms with Gasteiger partial charge in [0.2, 0.25) is 0 Å². The number of rotatable bonds is 4. The summed E-state index contributed by atoms with van der Waals surface area (Å²) in [5, 5.41) is 11.2. The van der Waals surface area contributed by atoms with E-state index in [0.717, 1.165) is 18.1 Å². The first-order chi connectivity index (χ1) is 16.7. The van der Waals surface area contributed by atoms with Crippen LogP contribution in [0.3, 0.4) is 0 Å². The molecular weight excluding hydrogens is 517 g/mol. The first-order valence-corrected chi connectivity index (χ1v) is 12.4. The molecular formula is C24H17ClN3NaO6S. The summed E-state index contributed by atoms with van der Waals surface area (Å²) in [5.41, 5.74) is -1.02. The van der Waals surface area contributed by atoms with Crippen LogP contribution < -0.4 is 50.2 Å². The van der Waals surface area contributed by atoms with Gasteiger partial charge in [0.25, 0.3) is 15.6 Å². The Morgan fingerprint density at radius 3 is 2.50 bits per heavy atom. The minimum atomic E-state index is -4.07.